The van der Waals surface area contributed by atoms with Gasteiger partial charge in [-0.3, -0.25) is 0 Å². The van der Waals surface area contributed by atoms with Crippen molar-refractivity contribution in [2.75, 3.05) is 27.7 Å². The van der Waals surface area contributed by atoms with Crippen LogP contribution in [-0.2, 0) is 0 Å². The minimum absolute atomic E-state index is 0.109. The molecule has 0 aromatic heterocycles. The van der Waals surface area contributed by atoms with Crippen LogP contribution in [0.25, 0.3) is 0 Å². The van der Waals surface area contributed by atoms with E-state index in [4.69, 9.17) is 10.2 Å². The van der Waals surface area contributed by atoms with Gasteiger partial charge in [0.25, 0.3) is 10.3 Å². The van der Waals surface area contributed by atoms with Gasteiger partial charge >= 0.3 is 0 Å². The minimum atomic E-state index is -0.500. The van der Waals surface area contributed by atoms with Crippen molar-refractivity contribution in [2.24, 2.45) is 5.73 Å². The topological polar surface area (TPSA) is 81.8 Å². The first-order valence-corrected chi connectivity index (χ1v) is 5.11. The molecule has 0 atom stereocenters. The molecule has 0 amide bonds. The predicted molar refractivity (Wildman–Crippen MR) is 72.5 cm³/mol. The van der Waals surface area contributed by atoms with Crippen molar-refractivity contribution in [1.82, 2.24) is 10.2 Å². The van der Waals surface area contributed by atoms with Gasteiger partial charge in [-0.25, -0.2) is 0 Å². The second-order valence-electron chi connectivity index (χ2n) is 2.91. The van der Waals surface area contributed by atoms with Gasteiger partial charge in [0.1, 0.15) is 0 Å². The van der Waals surface area contributed by atoms with E-state index in [2.05, 4.69) is 35.5 Å². The van der Waals surface area contributed by atoms with Crippen LogP contribution in [0.5, 0.6) is 0 Å². The summed E-state index contributed by atoms with van der Waals surface area (Å²) in [4.78, 5) is 2.00. The third-order valence-electron chi connectivity index (χ3n) is 0.526. The Kier molecular flexibility index (Phi) is 20.9. The zero-order valence-corrected chi connectivity index (χ0v) is 11.3. The Hall–Kier alpha value is -0.660. The number of thiocarbonyl (C=S) groups is 2. The molecule has 0 rings (SSSR count). The summed E-state index contributed by atoms with van der Waals surface area (Å²) in [6.45, 7) is 2.76. The molecule has 0 fully saturated rings. The summed E-state index contributed by atoms with van der Waals surface area (Å²) in [5.41, 5.74) is 4.40. The summed E-state index contributed by atoms with van der Waals surface area (Å²) >= 11 is 8.18. The van der Waals surface area contributed by atoms with E-state index >= 15 is 0 Å². The van der Waals surface area contributed by atoms with Gasteiger partial charge in [-0.05, 0) is 52.0 Å². The summed E-state index contributed by atoms with van der Waals surface area (Å²) in [7, 11) is 6.00. The summed E-state index contributed by atoms with van der Waals surface area (Å²) in [5.74, 6) is 0. The Bertz CT molecular complexity index is 159. The molecule has 5 nitrogen and oxygen atoms in total. The van der Waals surface area contributed by atoms with Crippen molar-refractivity contribution in [3.05, 3.63) is 0 Å². The molecule has 0 unspecified atom stereocenters. The van der Waals surface area contributed by atoms with Crippen molar-refractivity contribution in [3.8, 4) is 0 Å². The molecular formula is C8H21N3O2S2. The number of aliphatic hydroxyl groups excluding tert-OH is 2. The molecule has 7 heteroatoms. The average Bonchev–Trinajstić information content (AvgIpc) is 1.98. The van der Waals surface area contributed by atoms with Crippen molar-refractivity contribution >= 4 is 34.8 Å². The van der Waals surface area contributed by atoms with Gasteiger partial charge < -0.3 is 26.2 Å². The molecule has 0 saturated heterocycles. The summed E-state index contributed by atoms with van der Waals surface area (Å²) < 4.78 is 0. The molecule has 0 aliphatic heterocycles. The number of aliphatic hydroxyl groups is 2. The molecule has 92 valence electrons. The Morgan fingerprint density at radius 1 is 1.27 bits per heavy atom. The smallest absolute Gasteiger partial charge is 0.254 e. The van der Waals surface area contributed by atoms with Gasteiger partial charge in [0.15, 0.2) is 0 Å². The molecule has 0 aliphatic carbocycles. The van der Waals surface area contributed by atoms with E-state index in [0.29, 0.717) is 0 Å². The van der Waals surface area contributed by atoms with Crippen LogP contribution < -0.4 is 11.1 Å². The number of hydrogen-bond donors (Lipinski definition) is 4. The maximum atomic E-state index is 8.30. The van der Waals surface area contributed by atoms with E-state index in [1.165, 1.54) is 0 Å². The van der Waals surface area contributed by atoms with Gasteiger partial charge in [-0.2, -0.15) is 0 Å². The molecular weight excluding hydrogens is 234 g/mol. The fraction of sp³-hybridized carbons (Fsp3) is 0.750. The van der Waals surface area contributed by atoms with Crippen LogP contribution >= 0.6 is 24.4 Å². The third-order valence-corrected chi connectivity index (χ3v) is 0.671. The van der Waals surface area contributed by atoms with Gasteiger partial charge in [-0.1, -0.05) is 6.92 Å². The first-order valence-electron chi connectivity index (χ1n) is 4.30. The van der Waals surface area contributed by atoms with Gasteiger partial charge in [0.2, 0.25) is 0 Å². The number of nitrogens with two attached hydrogens (primary N) is 1. The molecule has 0 bridgehead atoms. The highest BCUT2D eigenvalue weighted by Gasteiger charge is 1.81. The number of nitrogens with zero attached hydrogens (tertiary/aromatic N) is 1. The van der Waals surface area contributed by atoms with Crippen LogP contribution in [0.4, 0.5) is 0 Å². The van der Waals surface area contributed by atoms with Crippen molar-refractivity contribution < 1.29 is 10.2 Å². The highest BCUT2D eigenvalue weighted by Crippen LogP contribution is 1.68. The predicted octanol–water partition coefficient (Wildman–Crippen LogP) is 0.795. The van der Waals surface area contributed by atoms with E-state index in [1.54, 1.807) is 0 Å². The zero-order valence-electron chi connectivity index (χ0n) is 9.65. The lowest BCUT2D eigenvalue weighted by atomic mass is 10.5. The monoisotopic (exact) mass is 255 g/mol. The van der Waals surface area contributed by atoms with Crippen LogP contribution in [0.2, 0.25) is 0 Å². The Morgan fingerprint density at radius 2 is 1.53 bits per heavy atom. The Balaban J connectivity index is -0.000000155. The second kappa shape index (κ2) is 15.8. The largest absolute Gasteiger partial charge is 0.487 e. The van der Waals surface area contributed by atoms with E-state index in [1.807, 2.05) is 33.0 Å². The van der Waals surface area contributed by atoms with Crippen LogP contribution in [0, 0.1) is 0 Å². The van der Waals surface area contributed by atoms with Crippen LogP contribution in [-0.4, -0.2) is 53.1 Å². The maximum absolute atomic E-state index is 8.30. The zero-order chi connectivity index (χ0) is 12.9. The van der Waals surface area contributed by atoms with Gasteiger partial charge in [0, 0.05) is 6.54 Å². The van der Waals surface area contributed by atoms with Crippen LogP contribution in [0.1, 0.15) is 13.3 Å². The minimum Gasteiger partial charge on any atom is -0.487 e. The third kappa shape index (κ3) is 154. The molecule has 5 N–H and O–H groups in total. The van der Waals surface area contributed by atoms with E-state index in [9.17, 15) is 0 Å². The highest BCUT2D eigenvalue weighted by molar-refractivity contribution is 7.80. The van der Waals surface area contributed by atoms with Crippen molar-refractivity contribution in [2.45, 2.75) is 13.3 Å². The summed E-state index contributed by atoms with van der Waals surface area (Å²) in [6, 6.07) is 0. The molecule has 0 aromatic rings. The van der Waals surface area contributed by atoms with E-state index in [-0.39, 0.29) is 5.17 Å². The SMILES string of the molecule is CCCNC(O)=S.CN(C)C.NC(O)=S. The normalized spacial score (nSPS) is 7.80. The standard InChI is InChI=1S/C4H9NOS.C3H9N.CH3NOS/c1-2-3-5-4(6)7;1-4(2)3;2-1(3)4/h2-3H2,1H3,(H2,5,6,7);1-3H3;(H3,2,3,4). The Morgan fingerprint density at radius 3 is 1.60 bits per heavy atom. The molecule has 0 spiro atoms. The van der Waals surface area contributed by atoms with Crippen LogP contribution in [0.3, 0.4) is 0 Å². The molecule has 0 heterocycles. The maximum Gasteiger partial charge on any atom is 0.254 e. The summed E-state index contributed by atoms with van der Waals surface area (Å²) in [6.07, 6.45) is 0.987. The molecule has 0 saturated carbocycles. The Labute approximate surface area is 102 Å². The molecule has 0 aliphatic rings. The van der Waals surface area contributed by atoms with Gasteiger partial charge in [0.05, 0.1) is 0 Å². The number of nitrogens with one attached hydrogen (secondary N) is 1. The lowest BCUT2D eigenvalue weighted by molar-refractivity contribution is 0.505. The number of hydrogen-bond acceptors (Lipinski definition) is 3. The van der Waals surface area contributed by atoms with E-state index < -0.39 is 5.17 Å². The molecule has 15 heavy (non-hydrogen) atoms. The summed E-state index contributed by atoms with van der Waals surface area (Å²) in [5, 5.41) is 17.8. The van der Waals surface area contributed by atoms with Crippen LogP contribution in [0.15, 0.2) is 0 Å². The number of rotatable bonds is 2. The quantitative estimate of drug-likeness (QED) is 0.543. The lowest BCUT2D eigenvalue weighted by Gasteiger charge is -1.95. The first kappa shape index (κ1) is 19.8. The lowest BCUT2D eigenvalue weighted by Crippen LogP contribution is -2.20. The molecule has 0 radical (unpaired) electrons. The van der Waals surface area contributed by atoms with Gasteiger partial charge in [-0.15, -0.1) is 0 Å². The highest BCUT2D eigenvalue weighted by atomic mass is 32.1. The first-order chi connectivity index (χ1) is 6.73. The average molecular weight is 255 g/mol. The fourth-order valence-corrected chi connectivity index (χ4v) is 0.334. The molecule has 0 aromatic carbocycles. The van der Waals surface area contributed by atoms with E-state index in [0.717, 1.165) is 13.0 Å². The second-order valence-corrected chi connectivity index (χ2v) is 3.72. The van der Waals surface area contributed by atoms with Crippen molar-refractivity contribution in [3.63, 3.8) is 0 Å². The van der Waals surface area contributed by atoms with Crippen molar-refractivity contribution in [1.29, 1.82) is 0 Å². The fourth-order valence-electron chi connectivity index (χ4n) is 0.232.